The fraction of sp³-hybridized carbons (Fsp3) is 0.304. The first-order valence-corrected chi connectivity index (χ1v) is 13.1. The minimum atomic E-state index is -3.39. The molecule has 0 atom stereocenters. The summed E-state index contributed by atoms with van der Waals surface area (Å²) in [6.07, 6.45) is 4.66. The summed E-state index contributed by atoms with van der Waals surface area (Å²) in [6.45, 7) is 1.05. The lowest BCUT2D eigenvalue weighted by molar-refractivity contribution is 0.102. The van der Waals surface area contributed by atoms with Crippen molar-refractivity contribution in [3.8, 4) is 5.75 Å². The number of nitrogens with one attached hydrogen (secondary N) is 2. The molecule has 0 spiro atoms. The van der Waals surface area contributed by atoms with Crippen LogP contribution in [0.3, 0.4) is 0 Å². The quantitative estimate of drug-likeness (QED) is 0.373. The number of nitrogens with zero attached hydrogens (tertiary/aromatic N) is 1. The summed E-state index contributed by atoms with van der Waals surface area (Å²) in [5.41, 5.74) is 2.78. The monoisotopic (exact) mass is 489 g/mol. The summed E-state index contributed by atoms with van der Waals surface area (Å²) >= 11 is 1.34. The van der Waals surface area contributed by atoms with Crippen LogP contribution in [0.1, 0.15) is 27.9 Å². The minimum Gasteiger partial charge on any atom is -0.493 e. The molecular formula is C23H27N3O5S2. The Bertz CT molecular complexity index is 1160. The van der Waals surface area contributed by atoms with Crippen molar-refractivity contribution in [1.82, 2.24) is 4.98 Å². The molecule has 176 valence electrons. The van der Waals surface area contributed by atoms with E-state index >= 15 is 0 Å². The van der Waals surface area contributed by atoms with Crippen LogP contribution in [0.2, 0.25) is 0 Å². The molecule has 1 heterocycles. The number of aromatic nitrogens is 1. The molecule has 33 heavy (non-hydrogen) atoms. The summed E-state index contributed by atoms with van der Waals surface area (Å²) in [5.74, 6) is 0.322. The topological polar surface area (TPSA) is 107 Å². The van der Waals surface area contributed by atoms with Gasteiger partial charge in [0.2, 0.25) is 10.0 Å². The van der Waals surface area contributed by atoms with Gasteiger partial charge in [-0.15, -0.1) is 11.3 Å². The van der Waals surface area contributed by atoms with Gasteiger partial charge in [0.25, 0.3) is 5.91 Å². The molecule has 2 aromatic carbocycles. The Morgan fingerprint density at radius 1 is 1.12 bits per heavy atom. The summed E-state index contributed by atoms with van der Waals surface area (Å²) in [6, 6.07) is 12.7. The second-order valence-corrected chi connectivity index (χ2v) is 10.0. The fourth-order valence-corrected chi connectivity index (χ4v) is 4.31. The Morgan fingerprint density at radius 3 is 2.67 bits per heavy atom. The van der Waals surface area contributed by atoms with Crippen LogP contribution < -0.4 is 14.8 Å². The van der Waals surface area contributed by atoms with Crippen LogP contribution >= 0.6 is 11.3 Å². The van der Waals surface area contributed by atoms with Crippen molar-refractivity contribution < 1.29 is 22.7 Å². The van der Waals surface area contributed by atoms with E-state index < -0.39 is 10.0 Å². The number of anilines is 2. The lowest BCUT2D eigenvalue weighted by Crippen LogP contribution is -2.13. The molecule has 0 fully saturated rings. The van der Waals surface area contributed by atoms with Crippen molar-refractivity contribution in [3.63, 3.8) is 0 Å². The predicted molar refractivity (Wildman–Crippen MR) is 131 cm³/mol. The molecule has 1 amide bonds. The maximum Gasteiger partial charge on any atom is 0.257 e. The Balaban J connectivity index is 1.79. The van der Waals surface area contributed by atoms with Crippen LogP contribution in [0.5, 0.6) is 5.75 Å². The fourth-order valence-electron chi connectivity index (χ4n) is 3.18. The van der Waals surface area contributed by atoms with Gasteiger partial charge in [-0.2, -0.15) is 0 Å². The first-order chi connectivity index (χ1) is 15.8. The third-order valence-electron chi connectivity index (χ3n) is 4.64. The van der Waals surface area contributed by atoms with Crippen molar-refractivity contribution in [2.24, 2.45) is 0 Å². The number of amides is 1. The first kappa shape index (κ1) is 24.7. The van der Waals surface area contributed by atoms with Crippen LogP contribution in [0.15, 0.2) is 54.0 Å². The van der Waals surface area contributed by atoms with E-state index in [0.29, 0.717) is 48.2 Å². The highest BCUT2D eigenvalue weighted by molar-refractivity contribution is 7.92. The molecule has 0 bridgehead atoms. The average molecular weight is 490 g/mol. The Hall–Kier alpha value is -2.95. The van der Waals surface area contributed by atoms with E-state index in [1.165, 1.54) is 11.3 Å². The van der Waals surface area contributed by atoms with E-state index in [9.17, 15) is 13.2 Å². The number of hydrogen-bond acceptors (Lipinski definition) is 7. The number of carbonyl (C=O) groups is 1. The van der Waals surface area contributed by atoms with Crippen molar-refractivity contribution in [2.75, 3.05) is 36.6 Å². The van der Waals surface area contributed by atoms with Crippen LogP contribution in [0.4, 0.5) is 10.8 Å². The number of methoxy groups -OCH3 is 1. The Kier molecular flexibility index (Phi) is 8.81. The molecular weight excluding hydrogens is 462 g/mol. The lowest BCUT2D eigenvalue weighted by Gasteiger charge is -2.13. The van der Waals surface area contributed by atoms with E-state index in [4.69, 9.17) is 9.47 Å². The molecule has 0 radical (unpaired) electrons. The molecule has 0 aliphatic rings. The number of sulfonamides is 1. The molecule has 1 aromatic heterocycles. The van der Waals surface area contributed by atoms with Crippen molar-refractivity contribution in [1.29, 1.82) is 0 Å². The van der Waals surface area contributed by atoms with Gasteiger partial charge in [-0.05, 0) is 48.2 Å². The van der Waals surface area contributed by atoms with E-state index in [0.717, 1.165) is 23.8 Å². The van der Waals surface area contributed by atoms with Gasteiger partial charge < -0.3 is 9.47 Å². The molecule has 0 aliphatic heterocycles. The molecule has 0 saturated carbocycles. The second kappa shape index (κ2) is 11.8. The average Bonchev–Trinajstić information content (AvgIpc) is 3.28. The zero-order chi connectivity index (χ0) is 23.7. The second-order valence-electron chi connectivity index (χ2n) is 7.38. The van der Waals surface area contributed by atoms with Crippen molar-refractivity contribution in [3.05, 3.63) is 70.7 Å². The summed E-state index contributed by atoms with van der Waals surface area (Å²) in [5, 5.41) is 5.11. The maximum atomic E-state index is 12.8. The third-order valence-corrected chi connectivity index (χ3v) is 5.92. The van der Waals surface area contributed by atoms with Gasteiger partial charge in [0.15, 0.2) is 5.13 Å². The first-order valence-electron chi connectivity index (χ1n) is 10.4. The number of thiazole rings is 1. The Morgan fingerprint density at radius 2 is 1.94 bits per heavy atom. The molecule has 0 unspecified atom stereocenters. The highest BCUT2D eigenvalue weighted by Crippen LogP contribution is 2.23. The highest BCUT2D eigenvalue weighted by atomic mass is 32.2. The molecule has 0 saturated heterocycles. The normalized spacial score (nSPS) is 11.2. The largest absolute Gasteiger partial charge is 0.493 e. The van der Waals surface area contributed by atoms with Crippen LogP contribution in [-0.2, 0) is 27.6 Å². The van der Waals surface area contributed by atoms with Gasteiger partial charge in [0, 0.05) is 37.3 Å². The number of para-hydroxylation sites is 1. The number of carbonyl (C=O) groups excluding carboxylic acids is 1. The van der Waals surface area contributed by atoms with Gasteiger partial charge in [-0.1, -0.05) is 18.2 Å². The number of benzene rings is 2. The van der Waals surface area contributed by atoms with E-state index in [1.807, 2.05) is 24.3 Å². The molecule has 3 aromatic rings. The van der Waals surface area contributed by atoms with E-state index in [-0.39, 0.29) is 5.91 Å². The minimum absolute atomic E-state index is 0.271. The summed E-state index contributed by atoms with van der Waals surface area (Å²) < 4.78 is 36.8. The molecule has 2 N–H and O–H groups in total. The van der Waals surface area contributed by atoms with E-state index in [2.05, 4.69) is 15.0 Å². The number of aryl methyl sites for hydroxylation is 2. The number of hydrogen-bond donors (Lipinski definition) is 2. The van der Waals surface area contributed by atoms with Gasteiger partial charge >= 0.3 is 0 Å². The van der Waals surface area contributed by atoms with Crippen LogP contribution in [-0.4, -0.2) is 45.9 Å². The van der Waals surface area contributed by atoms with E-state index in [1.54, 1.807) is 36.9 Å². The standard InChI is InChI=1S/C23H27N3O5S2/c1-30-11-5-12-31-20-15-17(14-19(16-20)22(27)25-23-24-10-13-32-23)8-9-18-6-3-4-7-21(18)26-33(2,28)29/h3-4,6-7,10,13-16,26H,5,8-9,11-12H2,1-2H3,(H,24,25,27). The molecule has 3 rings (SSSR count). The predicted octanol–water partition coefficient (Wildman–Crippen LogP) is 3.97. The zero-order valence-corrected chi connectivity index (χ0v) is 20.2. The number of ether oxygens (including phenoxy) is 2. The van der Waals surface area contributed by atoms with Gasteiger partial charge in [0.05, 0.1) is 18.6 Å². The van der Waals surface area contributed by atoms with Gasteiger partial charge in [-0.3, -0.25) is 14.8 Å². The Labute approximate surface area is 198 Å². The van der Waals surface area contributed by atoms with Crippen molar-refractivity contribution >= 4 is 38.1 Å². The zero-order valence-electron chi connectivity index (χ0n) is 18.5. The van der Waals surface area contributed by atoms with Crippen LogP contribution in [0, 0.1) is 0 Å². The van der Waals surface area contributed by atoms with Crippen LogP contribution in [0.25, 0.3) is 0 Å². The van der Waals surface area contributed by atoms with Crippen molar-refractivity contribution in [2.45, 2.75) is 19.3 Å². The maximum absolute atomic E-state index is 12.8. The molecule has 8 nitrogen and oxygen atoms in total. The smallest absolute Gasteiger partial charge is 0.257 e. The highest BCUT2D eigenvalue weighted by Gasteiger charge is 2.13. The van der Waals surface area contributed by atoms with Gasteiger partial charge in [0.1, 0.15) is 5.75 Å². The number of rotatable bonds is 12. The summed E-state index contributed by atoms with van der Waals surface area (Å²) in [7, 11) is -1.75. The third kappa shape index (κ3) is 8.16. The molecule has 0 aliphatic carbocycles. The molecule has 10 heteroatoms. The lowest BCUT2D eigenvalue weighted by atomic mass is 10.0. The summed E-state index contributed by atoms with van der Waals surface area (Å²) in [4.78, 5) is 16.9. The van der Waals surface area contributed by atoms with Gasteiger partial charge in [-0.25, -0.2) is 13.4 Å². The SMILES string of the molecule is COCCCOc1cc(CCc2ccccc2NS(C)(=O)=O)cc(C(=O)Nc2nccs2)c1.